The van der Waals surface area contributed by atoms with Gasteiger partial charge in [-0.25, -0.2) is 9.37 Å². The number of halogens is 1. The van der Waals surface area contributed by atoms with Crippen LogP contribution in [0.4, 0.5) is 10.2 Å². The topological polar surface area (TPSA) is 99.8 Å². The molecule has 188 valence electrons. The molecule has 0 radical (unpaired) electrons. The maximum atomic E-state index is 14.9. The van der Waals surface area contributed by atoms with Crippen LogP contribution in [0.15, 0.2) is 73.2 Å². The standard InChI is InChI=1S/C27H26FN7O2/c1-18(2)35-17-29-32-26(35)23-9-6-10-25(30-23)31-27(36)21-14-24-20(13-22(21)28)15-34(33-24)11-12-37-16-19-7-4-3-5-8-19/h3-10,13-15,17-18H,11-12,16H2,1-2H3,(H,30,31,36). The molecule has 1 amide bonds. The number of amides is 1. The lowest BCUT2D eigenvalue weighted by atomic mass is 10.1. The molecule has 0 saturated carbocycles. The Morgan fingerprint density at radius 1 is 1.11 bits per heavy atom. The predicted molar refractivity (Wildman–Crippen MR) is 137 cm³/mol. The zero-order valence-corrected chi connectivity index (χ0v) is 20.5. The number of rotatable bonds is 9. The molecule has 37 heavy (non-hydrogen) atoms. The molecule has 3 aromatic heterocycles. The summed E-state index contributed by atoms with van der Waals surface area (Å²) in [5.74, 6) is -0.394. The SMILES string of the molecule is CC(C)n1cnnc1-c1cccc(NC(=O)c2cc3nn(CCOCc4ccccc4)cc3cc2F)n1. The van der Waals surface area contributed by atoms with Crippen molar-refractivity contribution in [3.05, 3.63) is 90.1 Å². The van der Waals surface area contributed by atoms with Gasteiger partial charge in [0.25, 0.3) is 5.91 Å². The third kappa shape index (κ3) is 5.54. The van der Waals surface area contributed by atoms with Gasteiger partial charge in [-0.3, -0.25) is 9.48 Å². The number of hydrogen-bond acceptors (Lipinski definition) is 6. The first-order chi connectivity index (χ1) is 18.0. The molecule has 3 heterocycles. The minimum absolute atomic E-state index is 0.115. The number of nitrogens with one attached hydrogen (secondary N) is 1. The molecular weight excluding hydrogens is 473 g/mol. The number of fused-ring (bicyclic) bond motifs is 1. The first-order valence-corrected chi connectivity index (χ1v) is 11.9. The summed E-state index contributed by atoms with van der Waals surface area (Å²) in [4.78, 5) is 17.4. The van der Waals surface area contributed by atoms with E-state index in [-0.39, 0.29) is 17.4 Å². The largest absolute Gasteiger partial charge is 0.375 e. The van der Waals surface area contributed by atoms with Crippen molar-refractivity contribution in [1.82, 2.24) is 29.5 Å². The molecule has 0 atom stereocenters. The maximum Gasteiger partial charge on any atom is 0.259 e. The lowest BCUT2D eigenvalue weighted by molar-refractivity contribution is 0.102. The van der Waals surface area contributed by atoms with Gasteiger partial charge in [-0.15, -0.1) is 10.2 Å². The molecule has 0 aliphatic rings. The number of carbonyl (C=O) groups excluding carboxylic acids is 1. The first-order valence-electron chi connectivity index (χ1n) is 11.9. The Morgan fingerprint density at radius 2 is 1.95 bits per heavy atom. The molecule has 0 spiro atoms. The zero-order valence-electron chi connectivity index (χ0n) is 20.5. The highest BCUT2D eigenvalue weighted by Crippen LogP contribution is 2.22. The molecule has 0 aliphatic carbocycles. The van der Waals surface area contributed by atoms with E-state index in [1.54, 1.807) is 35.4 Å². The molecular formula is C27H26FN7O2. The lowest BCUT2D eigenvalue weighted by Gasteiger charge is -2.11. The van der Waals surface area contributed by atoms with Crippen LogP contribution in [0.2, 0.25) is 0 Å². The molecule has 2 aromatic carbocycles. The average Bonchev–Trinajstić information content (AvgIpc) is 3.54. The smallest absolute Gasteiger partial charge is 0.259 e. The highest BCUT2D eigenvalue weighted by atomic mass is 19.1. The number of ether oxygens (including phenoxy) is 1. The Labute approximate surface area is 212 Å². The lowest BCUT2D eigenvalue weighted by Crippen LogP contribution is -2.15. The van der Waals surface area contributed by atoms with Gasteiger partial charge in [-0.1, -0.05) is 36.4 Å². The van der Waals surface area contributed by atoms with E-state index >= 15 is 0 Å². The Hall–Kier alpha value is -4.44. The van der Waals surface area contributed by atoms with Crippen LogP contribution in [0.3, 0.4) is 0 Å². The van der Waals surface area contributed by atoms with E-state index in [4.69, 9.17) is 4.74 Å². The second-order valence-electron chi connectivity index (χ2n) is 8.84. The number of aromatic nitrogens is 6. The van der Waals surface area contributed by atoms with Crippen molar-refractivity contribution in [3.63, 3.8) is 0 Å². The molecule has 0 bridgehead atoms. The van der Waals surface area contributed by atoms with E-state index in [2.05, 4.69) is 25.6 Å². The number of pyridine rings is 1. The molecule has 0 aliphatic heterocycles. The van der Waals surface area contributed by atoms with Gasteiger partial charge in [0.05, 0.1) is 30.8 Å². The van der Waals surface area contributed by atoms with Crippen LogP contribution in [-0.4, -0.2) is 42.0 Å². The molecule has 10 heteroatoms. The minimum Gasteiger partial charge on any atom is -0.375 e. The molecule has 1 N–H and O–H groups in total. The van der Waals surface area contributed by atoms with Crippen molar-refractivity contribution in [3.8, 4) is 11.5 Å². The van der Waals surface area contributed by atoms with E-state index in [0.29, 0.717) is 42.2 Å². The Balaban J connectivity index is 1.27. The maximum absolute atomic E-state index is 14.9. The number of benzene rings is 2. The minimum atomic E-state index is -0.638. The molecule has 0 saturated heterocycles. The van der Waals surface area contributed by atoms with Crippen molar-refractivity contribution < 1.29 is 13.9 Å². The van der Waals surface area contributed by atoms with Gasteiger partial charge in [0.1, 0.15) is 23.7 Å². The fraction of sp³-hybridized carbons (Fsp3) is 0.222. The van der Waals surface area contributed by atoms with E-state index < -0.39 is 11.7 Å². The average molecular weight is 500 g/mol. The van der Waals surface area contributed by atoms with Crippen LogP contribution in [0.5, 0.6) is 0 Å². The quantitative estimate of drug-likeness (QED) is 0.290. The number of nitrogens with zero attached hydrogens (tertiary/aromatic N) is 6. The number of hydrogen-bond donors (Lipinski definition) is 1. The second kappa shape index (κ2) is 10.7. The summed E-state index contributed by atoms with van der Waals surface area (Å²) in [6.45, 7) is 5.48. The highest BCUT2D eigenvalue weighted by molar-refractivity contribution is 6.06. The predicted octanol–water partition coefficient (Wildman–Crippen LogP) is 4.88. The van der Waals surface area contributed by atoms with Gasteiger partial charge < -0.3 is 14.6 Å². The van der Waals surface area contributed by atoms with Crippen LogP contribution in [0.1, 0.15) is 35.8 Å². The van der Waals surface area contributed by atoms with Gasteiger partial charge in [0.15, 0.2) is 5.82 Å². The summed E-state index contributed by atoms with van der Waals surface area (Å²) in [5.41, 5.74) is 2.04. The third-order valence-electron chi connectivity index (χ3n) is 5.81. The van der Waals surface area contributed by atoms with Gasteiger partial charge in [0.2, 0.25) is 0 Å². The fourth-order valence-electron chi connectivity index (χ4n) is 3.92. The summed E-state index contributed by atoms with van der Waals surface area (Å²) >= 11 is 0. The third-order valence-corrected chi connectivity index (χ3v) is 5.81. The van der Waals surface area contributed by atoms with Crippen LogP contribution < -0.4 is 5.32 Å². The van der Waals surface area contributed by atoms with Crippen molar-refractivity contribution >= 4 is 22.6 Å². The van der Waals surface area contributed by atoms with Crippen LogP contribution in [0, 0.1) is 5.82 Å². The van der Waals surface area contributed by atoms with Gasteiger partial charge in [-0.05, 0) is 43.7 Å². The second-order valence-corrected chi connectivity index (χ2v) is 8.84. The van der Waals surface area contributed by atoms with Gasteiger partial charge >= 0.3 is 0 Å². The zero-order chi connectivity index (χ0) is 25.8. The number of anilines is 1. The Bertz CT molecular complexity index is 1530. The Morgan fingerprint density at radius 3 is 2.76 bits per heavy atom. The molecule has 5 aromatic rings. The number of carbonyl (C=O) groups is 1. The van der Waals surface area contributed by atoms with E-state index in [0.717, 1.165) is 5.56 Å². The van der Waals surface area contributed by atoms with E-state index in [1.165, 1.54) is 12.1 Å². The van der Waals surface area contributed by atoms with Crippen LogP contribution in [-0.2, 0) is 17.9 Å². The van der Waals surface area contributed by atoms with E-state index in [1.807, 2.05) is 48.7 Å². The summed E-state index contributed by atoms with van der Waals surface area (Å²) < 4.78 is 24.1. The highest BCUT2D eigenvalue weighted by Gasteiger charge is 2.17. The molecule has 5 rings (SSSR count). The van der Waals surface area contributed by atoms with Crippen molar-refractivity contribution in [2.45, 2.75) is 33.0 Å². The molecule has 0 unspecified atom stereocenters. The summed E-state index contributed by atoms with van der Waals surface area (Å²) in [5, 5.41) is 15.9. The summed E-state index contributed by atoms with van der Waals surface area (Å²) in [6, 6.07) is 18.0. The van der Waals surface area contributed by atoms with E-state index in [9.17, 15) is 9.18 Å². The van der Waals surface area contributed by atoms with Crippen LogP contribution >= 0.6 is 0 Å². The van der Waals surface area contributed by atoms with Crippen molar-refractivity contribution in [2.75, 3.05) is 11.9 Å². The normalized spacial score (nSPS) is 11.4. The summed E-state index contributed by atoms with van der Waals surface area (Å²) in [6.07, 6.45) is 3.37. The van der Waals surface area contributed by atoms with Crippen molar-refractivity contribution in [1.29, 1.82) is 0 Å². The van der Waals surface area contributed by atoms with Gasteiger partial charge in [-0.2, -0.15) is 5.10 Å². The monoisotopic (exact) mass is 499 g/mol. The van der Waals surface area contributed by atoms with Crippen LogP contribution in [0.25, 0.3) is 22.4 Å². The first kappa shape index (κ1) is 24.3. The molecule has 9 nitrogen and oxygen atoms in total. The Kier molecular flexibility index (Phi) is 7.00. The molecule has 0 fully saturated rings. The van der Waals surface area contributed by atoms with Gasteiger partial charge in [0, 0.05) is 17.6 Å². The van der Waals surface area contributed by atoms with Crippen molar-refractivity contribution in [2.24, 2.45) is 0 Å². The fourth-order valence-corrected chi connectivity index (χ4v) is 3.92. The summed E-state index contributed by atoms with van der Waals surface area (Å²) in [7, 11) is 0.